The highest BCUT2D eigenvalue weighted by Gasteiger charge is 2.03. The van der Waals surface area contributed by atoms with Crippen molar-refractivity contribution in [1.29, 1.82) is 0 Å². The molecule has 0 bridgehead atoms. The minimum Gasteiger partial charge on any atom is -0.370 e. The summed E-state index contributed by atoms with van der Waals surface area (Å²) < 4.78 is 0. The summed E-state index contributed by atoms with van der Waals surface area (Å²) in [5.41, 5.74) is 7.57. The molecule has 0 aromatic heterocycles. The van der Waals surface area contributed by atoms with Crippen LogP contribution in [0.1, 0.15) is 29.8 Å². The highest BCUT2D eigenvalue weighted by atomic mass is 16.1. The second-order valence-corrected chi connectivity index (χ2v) is 4.12. The highest BCUT2D eigenvalue weighted by molar-refractivity contribution is 5.93. The molecule has 0 aliphatic rings. The fourth-order valence-electron chi connectivity index (χ4n) is 1.73. The summed E-state index contributed by atoms with van der Waals surface area (Å²) >= 11 is 0. The van der Waals surface area contributed by atoms with Crippen molar-refractivity contribution in [2.45, 2.75) is 20.4 Å². The van der Waals surface area contributed by atoms with Crippen LogP contribution in [0, 0.1) is 0 Å². The predicted molar refractivity (Wildman–Crippen MR) is 78.1 cm³/mol. The summed E-state index contributed by atoms with van der Waals surface area (Å²) in [6, 6.07) is 7.36. The lowest BCUT2D eigenvalue weighted by Crippen LogP contribution is -2.37. The first kappa shape index (κ1) is 15.0. The van der Waals surface area contributed by atoms with Crippen LogP contribution in [0.2, 0.25) is 0 Å². The largest absolute Gasteiger partial charge is 0.370 e. The van der Waals surface area contributed by atoms with Gasteiger partial charge in [-0.15, -0.1) is 0 Å². The summed E-state index contributed by atoms with van der Waals surface area (Å²) in [7, 11) is 1.62. The van der Waals surface area contributed by atoms with Crippen LogP contribution in [0.3, 0.4) is 0 Å². The smallest absolute Gasteiger partial charge is 0.251 e. The molecular formula is C14H22N4O. The summed E-state index contributed by atoms with van der Waals surface area (Å²) in [6.45, 7) is 6.31. The van der Waals surface area contributed by atoms with E-state index in [1.54, 1.807) is 19.2 Å². The van der Waals surface area contributed by atoms with Gasteiger partial charge in [0, 0.05) is 25.7 Å². The SMILES string of the molecule is CCN(CC)C(N)=NCc1ccc(C(=O)NC)cc1. The zero-order chi connectivity index (χ0) is 14.3. The first-order chi connectivity index (χ1) is 9.12. The standard InChI is InChI=1S/C14H22N4O/c1-4-18(5-2)14(15)17-10-11-6-8-12(9-7-11)13(19)16-3/h6-9H,4-5,10H2,1-3H3,(H2,15,17)(H,16,19). The van der Waals surface area contributed by atoms with E-state index < -0.39 is 0 Å². The van der Waals surface area contributed by atoms with Crippen LogP contribution in [0.4, 0.5) is 0 Å². The van der Waals surface area contributed by atoms with Gasteiger partial charge in [0.25, 0.3) is 5.91 Å². The number of nitrogens with zero attached hydrogens (tertiary/aromatic N) is 2. The molecule has 0 aliphatic carbocycles. The van der Waals surface area contributed by atoms with E-state index in [9.17, 15) is 4.79 Å². The molecule has 1 amide bonds. The average molecular weight is 262 g/mol. The molecule has 5 heteroatoms. The Kier molecular flexibility index (Phi) is 5.85. The monoisotopic (exact) mass is 262 g/mol. The molecule has 0 aliphatic heterocycles. The van der Waals surface area contributed by atoms with Gasteiger partial charge in [0.1, 0.15) is 0 Å². The van der Waals surface area contributed by atoms with Crippen molar-refractivity contribution in [2.24, 2.45) is 10.7 Å². The number of guanidine groups is 1. The number of nitrogens with one attached hydrogen (secondary N) is 1. The third kappa shape index (κ3) is 4.28. The number of aliphatic imine (C=N–C) groups is 1. The summed E-state index contributed by atoms with van der Waals surface area (Å²) in [4.78, 5) is 17.7. The fourth-order valence-corrected chi connectivity index (χ4v) is 1.73. The van der Waals surface area contributed by atoms with Crippen molar-refractivity contribution in [2.75, 3.05) is 20.1 Å². The van der Waals surface area contributed by atoms with Gasteiger partial charge in [-0.05, 0) is 31.5 Å². The van der Waals surface area contributed by atoms with E-state index in [4.69, 9.17) is 5.73 Å². The zero-order valence-corrected chi connectivity index (χ0v) is 11.8. The van der Waals surface area contributed by atoms with Crippen LogP contribution in [0.15, 0.2) is 29.3 Å². The average Bonchev–Trinajstić information content (AvgIpc) is 2.46. The Labute approximate surface area is 114 Å². The molecule has 104 valence electrons. The van der Waals surface area contributed by atoms with E-state index in [2.05, 4.69) is 10.3 Å². The first-order valence-electron chi connectivity index (χ1n) is 6.48. The molecule has 0 saturated heterocycles. The van der Waals surface area contributed by atoms with Crippen LogP contribution >= 0.6 is 0 Å². The zero-order valence-electron chi connectivity index (χ0n) is 11.8. The summed E-state index contributed by atoms with van der Waals surface area (Å²) in [6.07, 6.45) is 0. The molecule has 19 heavy (non-hydrogen) atoms. The molecule has 0 unspecified atom stereocenters. The molecule has 0 fully saturated rings. The normalized spacial score (nSPS) is 11.2. The maximum absolute atomic E-state index is 11.4. The third-order valence-electron chi connectivity index (χ3n) is 2.95. The second-order valence-electron chi connectivity index (χ2n) is 4.12. The third-order valence-corrected chi connectivity index (χ3v) is 2.95. The molecule has 0 radical (unpaired) electrons. The quantitative estimate of drug-likeness (QED) is 0.619. The first-order valence-corrected chi connectivity index (χ1v) is 6.48. The lowest BCUT2D eigenvalue weighted by molar-refractivity contribution is 0.0963. The topological polar surface area (TPSA) is 70.7 Å². The predicted octanol–water partition coefficient (Wildman–Crippen LogP) is 1.20. The van der Waals surface area contributed by atoms with E-state index >= 15 is 0 Å². The van der Waals surface area contributed by atoms with Crippen LogP contribution < -0.4 is 11.1 Å². The Morgan fingerprint density at radius 3 is 2.32 bits per heavy atom. The Morgan fingerprint density at radius 2 is 1.84 bits per heavy atom. The van der Waals surface area contributed by atoms with E-state index in [0.717, 1.165) is 18.7 Å². The molecule has 0 saturated carbocycles. The van der Waals surface area contributed by atoms with Gasteiger partial charge in [-0.3, -0.25) is 4.79 Å². The number of carbonyl (C=O) groups excluding carboxylic acids is 1. The van der Waals surface area contributed by atoms with E-state index in [-0.39, 0.29) is 5.91 Å². The van der Waals surface area contributed by atoms with Gasteiger partial charge in [0.05, 0.1) is 6.54 Å². The number of carbonyl (C=O) groups is 1. The molecule has 0 heterocycles. The van der Waals surface area contributed by atoms with Crippen molar-refractivity contribution in [3.05, 3.63) is 35.4 Å². The summed E-state index contributed by atoms with van der Waals surface area (Å²) in [5, 5.41) is 2.59. The van der Waals surface area contributed by atoms with Crippen LogP contribution in [0.25, 0.3) is 0 Å². The molecular weight excluding hydrogens is 240 g/mol. The van der Waals surface area contributed by atoms with Crippen LogP contribution in [-0.2, 0) is 6.54 Å². The van der Waals surface area contributed by atoms with Gasteiger partial charge in [-0.1, -0.05) is 12.1 Å². The molecule has 1 rings (SSSR count). The maximum Gasteiger partial charge on any atom is 0.251 e. The number of hydrogen-bond acceptors (Lipinski definition) is 2. The van der Waals surface area contributed by atoms with Crippen LogP contribution in [0.5, 0.6) is 0 Å². The number of amides is 1. The van der Waals surface area contributed by atoms with E-state index in [1.165, 1.54) is 0 Å². The number of rotatable bonds is 5. The van der Waals surface area contributed by atoms with Crippen molar-refractivity contribution < 1.29 is 4.79 Å². The second kappa shape index (κ2) is 7.41. The molecule has 3 N–H and O–H groups in total. The van der Waals surface area contributed by atoms with Gasteiger partial charge in [-0.2, -0.15) is 0 Å². The minimum absolute atomic E-state index is 0.0855. The van der Waals surface area contributed by atoms with Crippen molar-refractivity contribution in [3.8, 4) is 0 Å². The molecule has 1 aromatic rings. The van der Waals surface area contributed by atoms with Crippen LogP contribution in [-0.4, -0.2) is 36.9 Å². The Hall–Kier alpha value is -2.04. The van der Waals surface area contributed by atoms with Crippen molar-refractivity contribution in [1.82, 2.24) is 10.2 Å². The molecule has 5 nitrogen and oxygen atoms in total. The molecule has 0 atom stereocenters. The van der Waals surface area contributed by atoms with E-state index in [0.29, 0.717) is 18.1 Å². The maximum atomic E-state index is 11.4. The minimum atomic E-state index is -0.0855. The van der Waals surface area contributed by atoms with Gasteiger partial charge in [0.2, 0.25) is 0 Å². The lowest BCUT2D eigenvalue weighted by atomic mass is 10.1. The molecule has 1 aromatic carbocycles. The molecule has 0 spiro atoms. The van der Waals surface area contributed by atoms with E-state index in [1.807, 2.05) is 30.9 Å². The number of hydrogen-bond donors (Lipinski definition) is 2. The highest BCUT2D eigenvalue weighted by Crippen LogP contribution is 2.06. The Bertz CT molecular complexity index is 435. The fraction of sp³-hybridized carbons (Fsp3) is 0.429. The number of nitrogens with two attached hydrogens (primary N) is 1. The van der Waals surface area contributed by atoms with Gasteiger partial charge >= 0.3 is 0 Å². The van der Waals surface area contributed by atoms with Gasteiger partial charge in [0.15, 0.2) is 5.96 Å². The Balaban J connectivity index is 2.68. The van der Waals surface area contributed by atoms with Crippen molar-refractivity contribution in [3.63, 3.8) is 0 Å². The van der Waals surface area contributed by atoms with Gasteiger partial charge in [-0.25, -0.2) is 4.99 Å². The lowest BCUT2D eigenvalue weighted by Gasteiger charge is -2.19. The van der Waals surface area contributed by atoms with Gasteiger partial charge < -0.3 is 16.0 Å². The summed E-state index contributed by atoms with van der Waals surface area (Å²) in [5.74, 6) is 0.470. The van der Waals surface area contributed by atoms with Crippen molar-refractivity contribution >= 4 is 11.9 Å². The Morgan fingerprint density at radius 1 is 1.26 bits per heavy atom. The number of benzene rings is 1.